The molecule has 0 N–H and O–H groups in total. The molecule has 0 spiro atoms. The number of carbonyl (C=O) groups is 1. The van der Waals surface area contributed by atoms with Crippen molar-refractivity contribution < 1.29 is 13.9 Å². The summed E-state index contributed by atoms with van der Waals surface area (Å²) >= 11 is 0. The van der Waals surface area contributed by atoms with Crippen molar-refractivity contribution in [2.45, 2.75) is 39.5 Å². The monoisotopic (exact) mass is 304 g/mol. The Balaban J connectivity index is 1.96. The van der Waals surface area contributed by atoms with Crippen LogP contribution >= 0.6 is 0 Å². The van der Waals surface area contributed by atoms with Crippen LogP contribution < -0.4 is 0 Å². The second kappa shape index (κ2) is 5.96. The fourth-order valence-electron chi connectivity index (χ4n) is 2.38. The maximum atomic E-state index is 14.5. The molecule has 1 amide bonds. The van der Waals surface area contributed by atoms with Gasteiger partial charge in [-0.25, -0.2) is 9.18 Å². The molecule has 1 unspecified atom stereocenters. The standard InChI is InChI=1S/C17H21FN2O2/c1-11-5-6-12(7-13(11)8-19)15(18)14-9-20(10-14)16(21)22-17(2,3)4/h5-7,14-15H,9-10H2,1-4H3. The molecule has 22 heavy (non-hydrogen) atoms. The molecule has 1 aromatic rings. The van der Waals surface area contributed by atoms with Crippen molar-refractivity contribution in [2.24, 2.45) is 5.92 Å². The molecule has 0 bridgehead atoms. The number of benzene rings is 1. The second-order valence-electron chi connectivity index (χ2n) is 6.73. The molecular formula is C17H21FN2O2. The minimum atomic E-state index is -1.17. The number of halogens is 1. The molecule has 1 aromatic carbocycles. The van der Waals surface area contributed by atoms with Gasteiger partial charge in [0.25, 0.3) is 0 Å². The first-order valence-corrected chi connectivity index (χ1v) is 7.34. The number of alkyl halides is 1. The minimum absolute atomic E-state index is 0.248. The van der Waals surface area contributed by atoms with Crippen LogP contribution in [0.4, 0.5) is 9.18 Å². The molecule has 1 fully saturated rings. The lowest BCUT2D eigenvalue weighted by Crippen LogP contribution is -2.52. The largest absolute Gasteiger partial charge is 0.444 e. The van der Waals surface area contributed by atoms with Gasteiger partial charge in [-0.2, -0.15) is 5.26 Å². The van der Waals surface area contributed by atoms with Crippen molar-refractivity contribution >= 4 is 6.09 Å². The van der Waals surface area contributed by atoms with E-state index in [0.717, 1.165) is 5.56 Å². The molecule has 5 heteroatoms. The molecule has 2 rings (SSSR count). The van der Waals surface area contributed by atoms with E-state index in [1.54, 1.807) is 39.0 Å². The van der Waals surface area contributed by atoms with Gasteiger partial charge in [-0.3, -0.25) is 0 Å². The molecule has 0 saturated carbocycles. The van der Waals surface area contributed by atoms with E-state index in [-0.39, 0.29) is 5.92 Å². The van der Waals surface area contributed by atoms with Gasteiger partial charge < -0.3 is 9.64 Å². The van der Waals surface area contributed by atoms with Crippen LogP contribution in [0.5, 0.6) is 0 Å². The zero-order valence-electron chi connectivity index (χ0n) is 13.4. The normalized spacial score (nSPS) is 16.6. The Hall–Kier alpha value is -2.09. The molecule has 4 nitrogen and oxygen atoms in total. The Morgan fingerprint density at radius 1 is 1.45 bits per heavy atom. The number of hydrogen-bond donors (Lipinski definition) is 0. The number of nitriles is 1. The predicted octanol–water partition coefficient (Wildman–Crippen LogP) is 3.74. The average Bonchev–Trinajstić information content (AvgIpc) is 2.35. The van der Waals surface area contributed by atoms with E-state index < -0.39 is 17.9 Å². The molecule has 1 aliphatic heterocycles. The fourth-order valence-corrected chi connectivity index (χ4v) is 2.38. The Labute approximate surface area is 130 Å². The number of rotatable bonds is 2. The SMILES string of the molecule is Cc1ccc(C(F)C2CN(C(=O)OC(C)(C)C)C2)cc1C#N. The number of hydrogen-bond acceptors (Lipinski definition) is 3. The molecule has 0 aliphatic carbocycles. The number of ether oxygens (including phenoxy) is 1. The van der Waals surface area contributed by atoms with Crippen LogP contribution in [0.1, 0.15) is 43.6 Å². The third-order valence-corrected chi connectivity index (χ3v) is 3.68. The van der Waals surface area contributed by atoms with Crippen LogP contribution in [-0.2, 0) is 4.74 Å². The van der Waals surface area contributed by atoms with Crippen LogP contribution in [0, 0.1) is 24.2 Å². The molecular weight excluding hydrogens is 283 g/mol. The zero-order chi connectivity index (χ0) is 16.5. The van der Waals surface area contributed by atoms with Crippen molar-refractivity contribution in [3.05, 3.63) is 34.9 Å². The van der Waals surface area contributed by atoms with E-state index in [4.69, 9.17) is 10.00 Å². The highest BCUT2D eigenvalue weighted by Crippen LogP contribution is 2.34. The van der Waals surface area contributed by atoms with E-state index in [9.17, 15) is 9.18 Å². The van der Waals surface area contributed by atoms with E-state index in [0.29, 0.717) is 24.2 Å². The second-order valence-corrected chi connectivity index (χ2v) is 6.73. The van der Waals surface area contributed by atoms with Gasteiger partial charge >= 0.3 is 6.09 Å². The van der Waals surface area contributed by atoms with Crippen molar-refractivity contribution in [3.63, 3.8) is 0 Å². The van der Waals surface area contributed by atoms with Crippen LogP contribution in [0.15, 0.2) is 18.2 Å². The first-order chi connectivity index (χ1) is 10.2. The number of nitrogens with zero attached hydrogens (tertiary/aromatic N) is 2. The summed E-state index contributed by atoms with van der Waals surface area (Å²) in [5.74, 6) is -0.248. The lowest BCUT2D eigenvalue weighted by molar-refractivity contribution is -0.0154. The average molecular weight is 304 g/mol. The van der Waals surface area contributed by atoms with Gasteiger partial charge in [0.2, 0.25) is 0 Å². The van der Waals surface area contributed by atoms with Crippen molar-refractivity contribution in [2.75, 3.05) is 13.1 Å². The van der Waals surface area contributed by atoms with Crippen molar-refractivity contribution in [3.8, 4) is 6.07 Å². The molecule has 0 aromatic heterocycles. The summed E-state index contributed by atoms with van der Waals surface area (Å²) in [5.41, 5.74) is 1.28. The number of aryl methyl sites for hydroxylation is 1. The van der Waals surface area contributed by atoms with Gasteiger partial charge in [0, 0.05) is 19.0 Å². The van der Waals surface area contributed by atoms with Crippen molar-refractivity contribution in [1.29, 1.82) is 5.26 Å². The Morgan fingerprint density at radius 2 is 2.09 bits per heavy atom. The summed E-state index contributed by atoms with van der Waals surface area (Å²) in [5, 5.41) is 9.02. The van der Waals surface area contributed by atoms with Gasteiger partial charge in [-0.05, 0) is 44.9 Å². The third-order valence-electron chi connectivity index (χ3n) is 3.68. The van der Waals surface area contributed by atoms with E-state index in [1.807, 2.05) is 6.92 Å². The molecule has 1 aliphatic rings. The highest BCUT2D eigenvalue weighted by Gasteiger charge is 2.39. The number of carbonyl (C=O) groups excluding carboxylic acids is 1. The molecule has 0 radical (unpaired) electrons. The number of amides is 1. The fraction of sp³-hybridized carbons (Fsp3) is 0.529. The van der Waals surface area contributed by atoms with Crippen LogP contribution in [0.3, 0.4) is 0 Å². The molecule has 1 heterocycles. The van der Waals surface area contributed by atoms with E-state index in [1.165, 1.54) is 4.90 Å². The Morgan fingerprint density at radius 3 is 2.64 bits per heavy atom. The van der Waals surface area contributed by atoms with Gasteiger partial charge in [0.15, 0.2) is 0 Å². The first-order valence-electron chi connectivity index (χ1n) is 7.34. The molecule has 1 saturated heterocycles. The topological polar surface area (TPSA) is 53.3 Å². The Kier molecular flexibility index (Phi) is 4.41. The smallest absolute Gasteiger partial charge is 0.410 e. The number of likely N-dealkylation sites (tertiary alicyclic amines) is 1. The van der Waals surface area contributed by atoms with Gasteiger partial charge in [-0.15, -0.1) is 0 Å². The summed E-state index contributed by atoms with van der Waals surface area (Å²) in [6.07, 6.45) is -1.58. The third kappa shape index (κ3) is 3.56. The minimum Gasteiger partial charge on any atom is -0.444 e. The highest BCUT2D eigenvalue weighted by atomic mass is 19.1. The maximum Gasteiger partial charge on any atom is 0.410 e. The van der Waals surface area contributed by atoms with Crippen LogP contribution in [-0.4, -0.2) is 29.7 Å². The van der Waals surface area contributed by atoms with Crippen LogP contribution in [0.25, 0.3) is 0 Å². The lowest BCUT2D eigenvalue weighted by Gasteiger charge is -2.41. The lowest BCUT2D eigenvalue weighted by atomic mass is 9.89. The zero-order valence-corrected chi connectivity index (χ0v) is 13.4. The molecule has 118 valence electrons. The van der Waals surface area contributed by atoms with Gasteiger partial charge in [-0.1, -0.05) is 12.1 Å². The van der Waals surface area contributed by atoms with E-state index in [2.05, 4.69) is 6.07 Å². The summed E-state index contributed by atoms with van der Waals surface area (Å²) in [4.78, 5) is 13.3. The predicted molar refractivity (Wildman–Crippen MR) is 81.0 cm³/mol. The highest BCUT2D eigenvalue weighted by molar-refractivity contribution is 5.69. The van der Waals surface area contributed by atoms with Crippen LogP contribution in [0.2, 0.25) is 0 Å². The summed E-state index contributed by atoms with van der Waals surface area (Å²) in [6, 6.07) is 7.12. The van der Waals surface area contributed by atoms with E-state index >= 15 is 0 Å². The Bertz CT molecular complexity index is 610. The van der Waals surface area contributed by atoms with Crippen molar-refractivity contribution in [1.82, 2.24) is 4.90 Å². The first kappa shape index (κ1) is 16.3. The summed E-state index contributed by atoms with van der Waals surface area (Å²) in [6.45, 7) is 7.91. The summed E-state index contributed by atoms with van der Waals surface area (Å²) in [7, 11) is 0. The molecule has 1 atom stereocenters. The van der Waals surface area contributed by atoms with Gasteiger partial charge in [0.05, 0.1) is 11.6 Å². The quantitative estimate of drug-likeness (QED) is 0.836. The summed E-state index contributed by atoms with van der Waals surface area (Å²) < 4.78 is 19.8. The van der Waals surface area contributed by atoms with Gasteiger partial charge in [0.1, 0.15) is 11.8 Å². The maximum absolute atomic E-state index is 14.5.